The number of phenols is 1. The number of hydrogen-bond acceptors (Lipinski definition) is 6. The van der Waals surface area contributed by atoms with E-state index in [4.69, 9.17) is 4.74 Å². The van der Waals surface area contributed by atoms with E-state index in [1.54, 1.807) is 30.6 Å². The number of ether oxygens (including phenoxy) is 1. The van der Waals surface area contributed by atoms with Crippen LogP contribution < -0.4 is 10.1 Å². The molecule has 2 N–H and O–H groups in total. The topological polar surface area (TPSA) is 95.2 Å². The number of aromatic hydroxyl groups is 1. The summed E-state index contributed by atoms with van der Waals surface area (Å²) in [6, 6.07) is 5.00. The molecular formula is C15H12BrN3O3S. The van der Waals surface area contributed by atoms with E-state index in [1.807, 2.05) is 6.07 Å². The number of rotatable bonds is 5. The van der Waals surface area contributed by atoms with Crippen LogP contribution in [0.25, 0.3) is 6.08 Å². The highest BCUT2D eigenvalue weighted by Gasteiger charge is 2.13. The maximum Gasteiger partial charge on any atom is 0.268 e. The summed E-state index contributed by atoms with van der Waals surface area (Å²) in [5.74, 6) is -0.315. The van der Waals surface area contributed by atoms with Crippen molar-refractivity contribution in [2.24, 2.45) is 0 Å². The lowest BCUT2D eigenvalue weighted by molar-refractivity contribution is -0.112. The number of thiazole rings is 1. The Labute approximate surface area is 145 Å². The number of carbonyl (C=O) groups excluding carboxylic acids is 1. The van der Waals surface area contributed by atoms with Crippen LogP contribution in [0.3, 0.4) is 0 Å². The third kappa shape index (κ3) is 4.31. The highest BCUT2D eigenvalue weighted by Crippen LogP contribution is 2.36. The summed E-state index contributed by atoms with van der Waals surface area (Å²) in [4.78, 5) is 16.0. The number of amides is 1. The quantitative estimate of drug-likeness (QED) is 0.597. The number of anilines is 1. The highest BCUT2D eigenvalue weighted by atomic mass is 79.9. The smallest absolute Gasteiger partial charge is 0.268 e. The molecule has 1 heterocycles. The number of phenolic OH excluding ortho intramolecular Hbond substituents is 1. The van der Waals surface area contributed by atoms with Crippen LogP contribution >= 0.6 is 27.3 Å². The Bertz CT molecular complexity index is 782. The molecule has 0 unspecified atom stereocenters. The monoisotopic (exact) mass is 393 g/mol. The van der Waals surface area contributed by atoms with Crippen LogP contribution in [0.4, 0.5) is 5.13 Å². The Morgan fingerprint density at radius 2 is 2.39 bits per heavy atom. The van der Waals surface area contributed by atoms with Gasteiger partial charge in [-0.1, -0.05) is 0 Å². The van der Waals surface area contributed by atoms with E-state index in [0.29, 0.717) is 21.8 Å². The maximum absolute atomic E-state index is 12.1. The zero-order valence-corrected chi connectivity index (χ0v) is 14.4. The first-order valence-electron chi connectivity index (χ1n) is 6.53. The second-order valence-corrected chi connectivity index (χ2v) is 5.99. The van der Waals surface area contributed by atoms with Gasteiger partial charge in [-0.2, -0.15) is 5.26 Å². The molecule has 0 aliphatic heterocycles. The van der Waals surface area contributed by atoms with Crippen molar-refractivity contribution < 1.29 is 14.6 Å². The Morgan fingerprint density at radius 3 is 3.00 bits per heavy atom. The summed E-state index contributed by atoms with van der Waals surface area (Å²) in [5.41, 5.74) is 0.462. The van der Waals surface area contributed by atoms with Gasteiger partial charge in [-0.05, 0) is 46.6 Å². The summed E-state index contributed by atoms with van der Waals surface area (Å²) in [6.45, 7) is 2.17. The lowest BCUT2D eigenvalue weighted by Gasteiger charge is -2.09. The molecule has 1 amide bonds. The molecular weight excluding hydrogens is 382 g/mol. The average Bonchev–Trinajstić information content (AvgIpc) is 3.02. The molecule has 6 nitrogen and oxygen atoms in total. The Morgan fingerprint density at radius 1 is 1.61 bits per heavy atom. The molecule has 0 saturated heterocycles. The molecule has 0 radical (unpaired) electrons. The number of halogens is 1. The number of aromatic nitrogens is 1. The van der Waals surface area contributed by atoms with Gasteiger partial charge in [0.25, 0.3) is 5.91 Å². The minimum absolute atomic E-state index is 0.0326. The molecule has 0 aliphatic carbocycles. The third-order valence-electron chi connectivity index (χ3n) is 2.68. The van der Waals surface area contributed by atoms with Crippen molar-refractivity contribution in [2.45, 2.75) is 6.92 Å². The van der Waals surface area contributed by atoms with Crippen LogP contribution in [0.2, 0.25) is 0 Å². The van der Waals surface area contributed by atoms with Crippen molar-refractivity contribution >= 4 is 44.4 Å². The van der Waals surface area contributed by atoms with Crippen molar-refractivity contribution in [1.29, 1.82) is 5.26 Å². The Balaban J connectivity index is 2.30. The van der Waals surface area contributed by atoms with Crippen molar-refractivity contribution in [3.05, 3.63) is 39.3 Å². The van der Waals surface area contributed by atoms with Gasteiger partial charge in [0.2, 0.25) is 0 Å². The van der Waals surface area contributed by atoms with Crippen LogP contribution in [0.15, 0.2) is 33.8 Å². The standard InChI is InChI=1S/C15H12BrN3O3S/c1-2-22-12-7-9(6-11(16)13(12)20)5-10(8-17)14(21)19-15-18-3-4-23-15/h3-7,20H,2H2,1H3,(H,18,19,21)/b10-5+. The molecule has 1 aromatic heterocycles. The zero-order chi connectivity index (χ0) is 16.8. The van der Waals surface area contributed by atoms with Crippen molar-refractivity contribution in [3.63, 3.8) is 0 Å². The van der Waals surface area contributed by atoms with Crippen molar-refractivity contribution in [1.82, 2.24) is 4.98 Å². The highest BCUT2D eigenvalue weighted by molar-refractivity contribution is 9.10. The van der Waals surface area contributed by atoms with Crippen LogP contribution in [0, 0.1) is 11.3 Å². The molecule has 1 aromatic carbocycles. The van der Waals surface area contributed by atoms with Gasteiger partial charge < -0.3 is 9.84 Å². The number of nitrogens with zero attached hydrogens (tertiary/aromatic N) is 2. The van der Waals surface area contributed by atoms with E-state index in [2.05, 4.69) is 26.2 Å². The predicted molar refractivity (Wildman–Crippen MR) is 91.3 cm³/mol. The van der Waals surface area contributed by atoms with Gasteiger partial charge >= 0.3 is 0 Å². The predicted octanol–water partition coefficient (Wildman–Crippen LogP) is 3.56. The summed E-state index contributed by atoms with van der Waals surface area (Å²) in [7, 11) is 0. The van der Waals surface area contributed by atoms with Gasteiger partial charge in [-0.3, -0.25) is 10.1 Å². The van der Waals surface area contributed by atoms with Crippen LogP contribution in [0.5, 0.6) is 11.5 Å². The van der Waals surface area contributed by atoms with Crippen LogP contribution in [0.1, 0.15) is 12.5 Å². The Hall–Kier alpha value is -2.37. The zero-order valence-electron chi connectivity index (χ0n) is 12.0. The van der Waals surface area contributed by atoms with E-state index in [9.17, 15) is 15.2 Å². The molecule has 8 heteroatoms. The summed E-state index contributed by atoms with van der Waals surface area (Å²) >= 11 is 4.47. The molecule has 0 fully saturated rings. The van der Waals surface area contributed by atoms with Gasteiger partial charge in [0.1, 0.15) is 11.6 Å². The maximum atomic E-state index is 12.1. The fourth-order valence-electron chi connectivity index (χ4n) is 1.71. The normalized spacial score (nSPS) is 10.9. The molecule has 0 aliphatic rings. The number of nitrogens with one attached hydrogen (secondary N) is 1. The number of carbonyl (C=O) groups is 1. The molecule has 23 heavy (non-hydrogen) atoms. The molecule has 118 valence electrons. The second-order valence-electron chi connectivity index (χ2n) is 4.24. The average molecular weight is 394 g/mol. The van der Waals surface area contributed by atoms with E-state index in [0.717, 1.165) is 0 Å². The molecule has 0 saturated carbocycles. The summed E-state index contributed by atoms with van der Waals surface area (Å²) in [5, 5.41) is 23.8. The van der Waals surface area contributed by atoms with Crippen LogP contribution in [-0.2, 0) is 4.79 Å². The first-order valence-corrected chi connectivity index (χ1v) is 8.20. The first kappa shape index (κ1) is 17.0. The van der Waals surface area contributed by atoms with Crippen molar-refractivity contribution in [3.8, 4) is 17.6 Å². The van der Waals surface area contributed by atoms with Crippen LogP contribution in [-0.4, -0.2) is 22.6 Å². The van der Waals surface area contributed by atoms with Gasteiger partial charge in [0, 0.05) is 11.6 Å². The van der Waals surface area contributed by atoms with E-state index in [-0.39, 0.29) is 17.1 Å². The van der Waals surface area contributed by atoms with E-state index >= 15 is 0 Å². The van der Waals surface area contributed by atoms with Gasteiger partial charge in [-0.25, -0.2) is 4.98 Å². The van der Waals surface area contributed by atoms with Gasteiger partial charge in [0.15, 0.2) is 16.6 Å². The second kappa shape index (κ2) is 7.76. The van der Waals surface area contributed by atoms with Crippen molar-refractivity contribution in [2.75, 3.05) is 11.9 Å². The molecule has 0 spiro atoms. The number of nitriles is 1. The Kier molecular flexibility index (Phi) is 5.73. The SMILES string of the molecule is CCOc1cc(/C=C(\C#N)C(=O)Nc2nccs2)cc(Br)c1O. The third-order valence-corrected chi connectivity index (χ3v) is 3.97. The summed E-state index contributed by atoms with van der Waals surface area (Å²) < 4.78 is 5.73. The lowest BCUT2D eigenvalue weighted by Crippen LogP contribution is -2.13. The number of benzene rings is 1. The van der Waals surface area contributed by atoms with Gasteiger partial charge in [-0.15, -0.1) is 11.3 Å². The van der Waals surface area contributed by atoms with E-state index < -0.39 is 5.91 Å². The minimum Gasteiger partial charge on any atom is -0.503 e. The fourth-order valence-corrected chi connectivity index (χ4v) is 2.69. The summed E-state index contributed by atoms with van der Waals surface area (Å²) in [6.07, 6.45) is 2.97. The molecule has 2 aromatic rings. The first-order chi connectivity index (χ1) is 11.0. The lowest BCUT2D eigenvalue weighted by atomic mass is 10.1. The molecule has 0 bridgehead atoms. The molecule has 2 rings (SSSR count). The van der Waals surface area contributed by atoms with E-state index in [1.165, 1.54) is 17.4 Å². The minimum atomic E-state index is -0.551. The number of hydrogen-bond donors (Lipinski definition) is 2. The van der Waals surface area contributed by atoms with Gasteiger partial charge in [0.05, 0.1) is 11.1 Å². The fraction of sp³-hybridized carbons (Fsp3) is 0.133. The largest absolute Gasteiger partial charge is 0.503 e. The molecule has 0 atom stereocenters.